The summed E-state index contributed by atoms with van der Waals surface area (Å²) in [5.41, 5.74) is 4.63. The molecule has 1 aromatic heterocycles. The van der Waals surface area contributed by atoms with Crippen molar-refractivity contribution in [3.8, 4) is 17.1 Å². The Bertz CT molecular complexity index is 1320. The molecular weight excluding hydrogens is 542 g/mol. The van der Waals surface area contributed by atoms with Gasteiger partial charge in [0, 0.05) is 54.0 Å². The predicted molar refractivity (Wildman–Crippen MR) is 163 cm³/mol. The van der Waals surface area contributed by atoms with Crippen LogP contribution < -0.4 is 9.64 Å². The van der Waals surface area contributed by atoms with Crippen molar-refractivity contribution in [2.75, 3.05) is 44.8 Å². The van der Waals surface area contributed by atoms with E-state index in [1.54, 1.807) is 24.0 Å². The molecule has 0 saturated carbocycles. The lowest BCUT2D eigenvalue weighted by molar-refractivity contribution is 0.0621. The predicted octanol–water partition coefficient (Wildman–Crippen LogP) is 6.15. The molecule has 0 bridgehead atoms. The van der Waals surface area contributed by atoms with Crippen LogP contribution in [0.25, 0.3) is 17.0 Å². The average Bonchev–Trinajstić information content (AvgIpc) is 2.92. The number of rotatable bonds is 9. The van der Waals surface area contributed by atoms with E-state index in [-0.39, 0.29) is 18.1 Å². The van der Waals surface area contributed by atoms with Crippen LogP contribution in [0.15, 0.2) is 23.8 Å². The number of aromatic nitrogens is 2. The molecule has 0 aliphatic carbocycles. The minimum atomic E-state index is -0.540. The van der Waals surface area contributed by atoms with E-state index in [4.69, 9.17) is 36.5 Å². The molecule has 2 fully saturated rings. The van der Waals surface area contributed by atoms with Gasteiger partial charge in [-0.15, -0.1) is 0 Å². The third-order valence-electron chi connectivity index (χ3n) is 8.08. The van der Waals surface area contributed by atoms with Crippen molar-refractivity contribution in [3.05, 3.63) is 40.1 Å². The van der Waals surface area contributed by atoms with Gasteiger partial charge in [0.2, 0.25) is 0 Å². The van der Waals surface area contributed by atoms with Gasteiger partial charge in [-0.2, -0.15) is 0 Å². The van der Waals surface area contributed by atoms with E-state index >= 15 is 0 Å². The molecule has 4 rings (SSSR count). The third-order valence-corrected chi connectivity index (χ3v) is 8.41. The number of carbonyl (C=O) groups excluding carboxylic acids is 1. The minimum Gasteiger partial charge on any atom is -0.491 e. The molecule has 1 amide bonds. The van der Waals surface area contributed by atoms with Crippen LogP contribution in [0.3, 0.4) is 0 Å². The van der Waals surface area contributed by atoms with E-state index in [1.807, 2.05) is 33.8 Å². The van der Waals surface area contributed by atoms with Crippen LogP contribution in [0.1, 0.15) is 64.6 Å². The first-order valence-corrected chi connectivity index (χ1v) is 14.7. The van der Waals surface area contributed by atoms with Crippen molar-refractivity contribution in [1.29, 1.82) is 5.41 Å². The number of benzene rings is 1. The van der Waals surface area contributed by atoms with Gasteiger partial charge in [0.15, 0.2) is 5.82 Å². The summed E-state index contributed by atoms with van der Waals surface area (Å²) >= 11 is 6.69. The van der Waals surface area contributed by atoms with Crippen molar-refractivity contribution in [1.82, 2.24) is 14.9 Å². The number of allylic oxidation sites excluding steroid dienone is 2. The highest BCUT2D eigenvalue weighted by atomic mass is 35.5. The average molecular weight is 584 g/mol. The van der Waals surface area contributed by atoms with E-state index in [0.717, 1.165) is 60.6 Å². The molecule has 1 atom stereocenters. The van der Waals surface area contributed by atoms with Crippen LogP contribution in [-0.2, 0) is 4.74 Å². The number of carbonyl (C=O) groups is 1. The number of methoxy groups -OCH3 is 1. The Kier molecular flexibility index (Phi) is 9.59. The summed E-state index contributed by atoms with van der Waals surface area (Å²) in [7, 11) is 1.42. The quantitative estimate of drug-likeness (QED) is 0.341. The SMILES string of the molecule is CCC[C@@H](O)COc1ccc(Cl)c(-c2nc(C(C(C)=N)=C(C)C)c(C)c(N3CC4(CCN(C(=O)OC)CC4)C3)n2)c1. The van der Waals surface area contributed by atoms with Gasteiger partial charge < -0.3 is 29.8 Å². The highest BCUT2D eigenvalue weighted by molar-refractivity contribution is 6.33. The van der Waals surface area contributed by atoms with Crippen molar-refractivity contribution >= 4 is 34.8 Å². The first kappa shape index (κ1) is 30.8. The molecule has 2 saturated heterocycles. The zero-order chi connectivity index (χ0) is 29.9. The molecule has 10 heteroatoms. The number of halogens is 1. The lowest BCUT2D eigenvalue weighted by atomic mass is 9.72. The van der Waals surface area contributed by atoms with Crippen molar-refractivity contribution in [2.45, 2.75) is 66.4 Å². The smallest absolute Gasteiger partial charge is 0.409 e. The number of aliphatic hydroxyl groups is 1. The molecule has 2 N–H and O–H groups in total. The van der Waals surface area contributed by atoms with Crippen LogP contribution >= 0.6 is 11.6 Å². The maximum Gasteiger partial charge on any atom is 0.409 e. The molecule has 2 aromatic rings. The standard InChI is InChI=1S/C31H42ClN5O4/c1-7-8-22(38)16-41-23-9-10-25(32)24(15-23)28-34-27(26(19(2)3)21(5)33)20(4)29(35-28)37-17-31(18-37)11-13-36(14-12-31)30(39)40-6/h9-10,15,22,33,38H,7-8,11-14,16-18H2,1-6H3/t22-/m1/s1. The topological polar surface area (TPSA) is 112 Å². The number of amides is 1. The Balaban J connectivity index is 1.69. The fraction of sp³-hybridized carbons (Fsp3) is 0.548. The Morgan fingerprint density at radius 2 is 1.88 bits per heavy atom. The third kappa shape index (κ3) is 6.67. The number of nitrogens with zero attached hydrogens (tertiary/aromatic N) is 4. The van der Waals surface area contributed by atoms with E-state index in [2.05, 4.69) is 4.90 Å². The summed E-state index contributed by atoms with van der Waals surface area (Å²) in [6, 6.07) is 5.36. The Hall–Kier alpha value is -3.17. The molecule has 1 spiro atoms. The summed E-state index contributed by atoms with van der Waals surface area (Å²) in [6.45, 7) is 13.0. The van der Waals surface area contributed by atoms with Crippen molar-refractivity contribution in [3.63, 3.8) is 0 Å². The van der Waals surface area contributed by atoms with Gasteiger partial charge in [-0.1, -0.05) is 30.5 Å². The van der Waals surface area contributed by atoms with Crippen molar-refractivity contribution in [2.24, 2.45) is 5.41 Å². The maximum absolute atomic E-state index is 12.0. The van der Waals surface area contributed by atoms with Crippen LogP contribution in [-0.4, -0.2) is 77.8 Å². The van der Waals surface area contributed by atoms with Crippen LogP contribution in [0.5, 0.6) is 5.75 Å². The van der Waals surface area contributed by atoms with Crippen molar-refractivity contribution < 1.29 is 19.4 Å². The van der Waals surface area contributed by atoms with Gasteiger partial charge in [0.25, 0.3) is 0 Å². The summed E-state index contributed by atoms with van der Waals surface area (Å²) in [5.74, 6) is 1.87. The zero-order valence-electron chi connectivity index (χ0n) is 25.0. The summed E-state index contributed by atoms with van der Waals surface area (Å²) in [5, 5.41) is 19.1. The Morgan fingerprint density at radius 1 is 1.20 bits per heavy atom. The number of hydrogen-bond acceptors (Lipinski definition) is 8. The van der Waals surface area contributed by atoms with Crippen LogP contribution in [0, 0.1) is 17.7 Å². The van der Waals surface area contributed by atoms with Gasteiger partial charge in [0.05, 0.1) is 23.9 Å². The minimum absolute atomic E-state index is 0.129. The Morgan fingerprint density at radius 3 is 2.46 bits per heavy atom. The van der Waals surface area contributed by atoms with Crippen LogP contribution in [0.4, 0.5) is 10.6 Å². The molecule has 0 radical (unpaired) electrons. The largest absolute Gasteiger partial charge is 0.491 e. The first-order chi connectivity index (χ1) is 19.5. The molecule has 222 valence electrons. The van der Waals surface area contributed by atoms with E-state index in [1.165, 1.54) is 7.11 Å². The number of aliphatic hydroxyl groups excluding tert-OH is 1. The molecule has 2 aliphatic heterocycles. The number of hydrogen-bond donors (Lipinski definition) is 2. The molecule has 3 heterocycles. The number of anilines is 1. The monoisotopic (exact) mass is 583 g/mol. The first-order valence-electron chi connectivity index (χ1n) is 14.3. The van der Waals surface area contributed by atoms with Crippen LogP contribution in [0.2, 0.25) is 5.02 Å². The summed E-state index contributed by atoms with van der Waals surface area (Å²) < 4.78 is 10.8. The van der Waals surface area contributed by atoms with Gasteiger partial charge in [0.1, 0.15) is 18.2 Å². The number of ether oxygens (including phenoxy) is 2. The highest BCUT2D eigenvalue weighted by Gasteiger charge is 2.46. The van der Waals surface area contributed by atoms with E-state index in [0.29, 0.717) is 47.4 Å². The second kappa shape index (κ2) is 12.8. The number of nitrogens with one attached hydrogen (secondary N) is 1. The Labute approximate surface area is 248 Å². The fourth-order valence-corrected chi connectivity index (χ4v) is 6.06. The van der Waals surface area contributed by atoms with Gasteiger partial charge in [-0.05, 0) is 65.2 Å². The molecule has 41 heavy (non-hydrogen) atoms. The van der Waals surface area contributed by atoms with E-state index in [9.17, 15) is 9.90 Å². The molecule has 2 aliphatic rings. The van der Waals surface area contributed by atoms with Gasteiger partial charge >= 0.3 is 6.09 Å². The van der Waals surface area contributed by atoms with Gasteiger partial charge in [-0.3, -0.25) is 0 Å². The van der Waals surface area contributed by atoms with E-state index < -0.39 is 6.10 Å². The second-order valence-corrected chi connectivity index (χ2v) is 12.0. The molecule has 1 aromatic carbocycles. The summed E-state index contributed by atoms with van der Waals surface area (Å²) in [6.07, 6.45) is 2.56. The maximum atomic E-state index is 12.0. The normalized spacial score (nSPS) is 16.7. The second-order valence-electron chi connectivity index (χ2n) is 11.6. The molecular formula is C31H42ClN5O4. The highest BCUT2D eigenvalue weighted by Crippen LogP contribution is 2.44. The lowest BCUT2D eigenvalue weighted by Crippen LogP contribution is -2.61. The lowest BCUT2D eigenvalue weighted by Gasteiger charge is -2.54. The molecule has 0 unspecified atom stereocenters. The number of piperidine rings is 1. The summed E-state index contributed by atoms with van der Waals surface area (Å²) in [4.78, 5) is 26.0. The molecule has 9 nitrogen and oxygen atoms in total. The number of likely N-dealkylation sites (tertiary alicyclic amines) is 1. The van der Waals surface area contributed by atoms with Gasteiger partial charge in [-0.25, -0.2) is 14.8 Å². The zero-order valence-corrected chi connectivity index (χ0v) is 25.8. The fourth-order valence-electron chi connectivity index (χ4n) is 5.86.